The second kappa shape index (κ2) is 7.86. The molecule has 1 heterocycles. The van der Waals surface area contributed by atoms with Crippen LogP contribution in [-0.2, 0) is 11.3 Å². The van der Waals surface area contributed by atoms with Gasteiger partial charge in [0.1, 0.15) is 5.52 Å². The summed E-state index contributed by atoms with van der Waals surface area (Å²) in [4.78, 5) is 24.3. The summed E-state index contributed by atoms with van der Waals surface area (Å²) in [5.74, 6) is -0.265. The lowest BCUT2D eigenvalue weighted by atomic mass is 10.1. The largest absolute Gasteiger partial charge is 0.450 e. The molecule has 0 saturated carbocycles. The number of hydrogen-bond acceptors (Lipinski definition) is 5. The molecule has 0 aliphatic carbocycles. The fraction of sp³-hybridized carbons (Fsp3) is 0.263. The van der Waals surface area contributed by atoms with Gasteiger partial charge in [0.05, 0.1) is 12.1 Å². The fourth-order valence-corrected chi connectivity index (χ4v) is 2.73. The predicted octanol–water partition coefficient (Wildman–Crippen LogP) is 3.58. The molecule has 8 heteroatoms. The molecule has 0 aliphatic rings. The number of ether oxygens (including phenoxy) is 1. The summed E-state index contributed by atoms with van der Waals surface area (Å²) in [6.07, 6.45) is -0.534. The Bertz CT molecular complexity index is 996. The molecule has 2 amide bonds. The molecular formula is C19H21N5O3. The molecule has 0 atom stereocenters. The van der Waals surface area contributed by atoms with Gasteiger partial charge in [-0.2, -0.15) is 0 Å². The van der Waals surface area contributed by atoms with E-state index >= 15 is 0 Å². The third-order valence-corrected chi connectivity index (χ3v) is 4.17. The zero-order valence-electron chi connectivity index (χ0n) is 15.4. The van der Waals surface area contributed by atoms with Gasteiger partial charge in [-0.25, -0.2) is 9.48 Å². The zero-order valence-corrected chi connectivity index (χ0v) is 15.4. The highest BCUT2D eigenvalue weighted by Crippen LogP contribution is 2.24. The number of anilines is 2. The minimum Gasteiger partial charge on any atom is -0.450 e. The third kappa shape index (κ3) is 3.89. The topological polar surface area (TPSA) is 98.1 Å². The van der Waals surface area contributed by atoms with Crippen LogP contribution < -0.4 is 10.6 Å². The quantitative estimate of drug-likeness (QED) is 0.718. The van der Waals surface area contributed by atoms with Gasteiger partial charge in [-0.3, -0.25) is 10.1 Å². The lowest BCUT2D eigenvalue weighted by molar-refractivity contribution is 0.102. The van der Waals surface area contributed by atoms with Gasteiger partial charge in [-0.05, 0) is 56.7 Å². The molecule has 8 nitrogen and oxygen atoms in total. The molecule has 3 aromatic rings. The Balaban J connectivity index is 1.80. The van der Waals surface area contributed by atoms with Crippen LogP contribution in [0.3, 0.4) is 0 Å². The SMILES string of the molecule is CCOC(=O)Nc1cccc(NC(=O)c2ccc3c(c2)nnn3CC)c1C. The van der Waals surface area contributed by atoms with E-state index in [-0.39, 0.29) is 12.5 Å². The number of amides is 2. The first-order chi connectivity index (χ1) is 13.0. The Hall–Kier alpha value is -3.42. The number of aromatic nitrogens is 3. The number of carbonyl (C=O) groups is 2. The van der Waals surface area contributed by atoms with Crippen LogP contribution in [-0.4, -0.2) is 33.6 Å². The first-order valence-electron chi connectivity index (χ1n) is 8.71. The van der Waals surface area contributed by atoms with Crippen molar-refractivity contribution in [1.29, 1.82) is 0 Å². The average molecular weight is 367 g/mol. The van der Waals surface area contributed by atoms with Crippen LogP contribution >= 0.6 is 0 Å². The number of fused-ring (bicyclic) bond motifs is 1. The van der Waals surface area contributed by atoms with Gasteiger partial charge in [0.25, 0.3) is 5.91 Å². The first-order valence-corrected chi connectivity index (χ1v) is 8.71. The van der Waals surface area contributed by atoms with Gasteiger partial charge in [-0.1, -0.05) is 11.3 Å². The van der Waals surface area contributed by atoms with Crippen molar-refractivity contribution in [2.75, 3.05) is 17.2 Å². The second-order valence-electron chi connectivity index (χ2n) is 5.89. The van der Waals surface area contributed by atoms with E-state index in [1.54, 1.807) is 41.9 Å². The van der Waals surface area contributed by atoms with Gasteiger partial charge in [0.15, 0.2) is 0 Å². The van der Waals surface area contributed by atoms with Gasteiger partial charge in [-0.15, -0.1) is 5.10 Å². The van der Waals surface area contributed by atoms with Crippen molar-refractivity contribution in [2.24, 2.45) is 0 Å². The minimum absolute atomic E-state index is 0.265. The Morgan fingerprint density at radius 1 is 1.11 bits per heavy atom. The van der Waals surface area contributed by atoms with Crippen molar-refractivity contribution in [2.45, 2.75) is 27.3 Å². The number of aryl methyl sites for hydroxylation is 1. The molecule has 0 fully saturated rings. The lowest BCUT2D eigenvalue weighted by Gasteiger charge is -2.13. The van der Waals surface area contributed by atoms with Crippen LogP contribution in [0.5, 0.6) is 0 Å². The maximum atomic E-state index is 12.6. The van der Waals surface area contributed by atoms with Crippen molar-refractivity contribution in [3.8, 4) is 0 Å². The van der Waals surface area contributed by atoms with Gasteiger partial charge in [0, 0.05) is 23.5 Å². The third-order valence-electron chi connectivity index (χ3n) is 4.17. The highest BCUT2D eigenvalue weighted by atomic mass is 16.5. The monoisotopic (exact) mass is 367 g/mol. The Labute approximate surface area is 156 Å². The highest BCUT2D eigenvalue weighted by Gasteiger charge is 2.13. The maximum Gasteiger partial charge on any atom is 0.411 e. The molecule has 0 spiro atoms. The molecule has 0 saturated heterocycles. The minimum atomic E-state index is -0.534. The standard InChI is InChI=1S/C19H21N5O3/c1-4-24-17-10-9-13(11-16(17)22-23-24)18(25)20-14-7-6-8-15(12(14)3)21-19(26)27-5-2/h6-11H,4-5H2,1-3H3,(H,20,25)(H,21,26). The Kier molecular flexibility index (Phi) is 5.35. The van der Waals surface area contributed by atoms with Crippen molar-refractivity contribution in [1.82, 2.24) is 15.0 Å². The number of hydrogen-bond donors (Lipinski definition) is 2. The lowest BCUT2D eigenvalue weighted by Crippen LogP contribution is -2.16. The van der Waals surface area contributed by atoms with E-state index in [1.807, 2.05) is 19.9 Å². The van der Waals surface area contributed by atoms with E-state index < -0.39 is 6.09 Å². The molecular weight excluding hydrogens is 346 g/mol. The number of carbonyl (C=O) groups excluding carboxylic acids is 2. The van der Waals surface area contributed by atoms with Crippen molar-refractivity contribution in [3.05, 3.63) is 47.5 Å². The van der Waals surface area contributed by atoms with Gasteiger partial charge < -0.3 is 10.1 Å². The normalized spacial score (nSPS) is 10.6. The van der Waals surface area contributed by atoms with Gasteiger partial charge in [0.2, 0.25) is 0 Å². The van der Waals surface area contributed by atoms with E-state index in [2.05, 4.69) is 20.9 Å². The highest BCUT2D eigenvalue weighted by molar-refractivity contribution is 6.06. The Morgan fingerprint density at radius 3 is 2.56 bits per heavy atom. The molecule has 0 aliphatic heterocycles. The number of nitrogens with zero attached hydrogens (tertiary/aromatic N) is 3. The zero-order chi connectivity index (χ0) is 19.4. The molecule has 0 radical (unpaired) electrons. The summed E-state index contributed by atoms with van der Waals surface area (Å²) in [5.41, 5.74) is 3.94. The number of nitrogens with one attached hydrogen (secondary N) is 2. The Morgan fingerprint density at radius 2 is 1.85 bits per heavy atom. The molecule has 3 rings (SSSR count). The van der Waals surface area contributed by atoms with E-state index in [0.717, 1.165) is 11.1 Å². The maximum absolute atomic E-state index is 12.6. The van der Waals surface area contributed by atoms with E-state index in [4.69, 9.17) is 4.74 Å². The van der Waals surface area contributed by atoms with Crippen LogP contribution in [0, 0.1) is 6.92 Å². The van der Waals surface area contributed by atoms with Gasteiger partial charge >= 0.3 is 6.09 Å². The average Bonchev–Trinajstić information content (AvgIpc) is 3.07. The van der Waals surface area contributed by atoms with Crippen LogP contribution in [0.15, 0.2) is 36.4 Å². The first kappa shape index (κ1) is 18.4. The smallest absolute Gasteiger partial charge is 0.411 e. The van der Waals surface area contributed by atoms with Crippen LogP contribution in [0.1, 0.15) is 29.8 Å². The van der Waals surface area contributed by atoms with Crippen LogP contribution in [0.25, 0.3) is 11.0 Å². The fourth-order valence-electron chi connectivity index (χ4n) is 2.73. The summed E-state index contributed by atoms with van der Waals surface area (Å²) in [7, 11) is 0. The van der Waals surface area contributed by atoms with Crippen molar-refractivity contribution >= 4 is 34.4 Å². The summed E-state index contributed by atoms with van der Waals surface area (Å²) in [5, 5.41) is 13.7. The molecule has 0 bridgehead atoms. The molecule has 0 unspecified atom stereocenters. The van der Waals surface area contributed by atoms with Crippen LogP contribution in [0.4, 0.5) is 16.2 Å². The van der Waals surface area contributed by atoms with E-state index in [0.29, 0.717) is 29.0 Å². The molecule has 2 N–H and O–H groups in total. The molecule has 27 heavy (non-hydrogen) atoms. The second-order valence-corrected chi connectivity index (χ2v) is 5.89. The van der Waals surface area contributed by atoms with Crippen molar-refractivity contribution < 1.29 is 14.3 Å². The molecule has 2 aromatic carbocycles. The number of rotatable bonds is 5. The summed E-state index contributed by atoms with van der Waals surface area (Å²) >= 11 is 0. The summed E-state index contributed by atoms with van der Waals surface area (Å²) in [6.45, 7) is 6.52. The van der Waals surface area contributed by atoms with E-state index in [9.17, 15) is 9.59 Å². The summed E-state index contributed by atoms with van der Waals surface area (Å²) < 4.78 is 6.66. The van der Waals surface area contributed by atoms with Crippen LogP contribution in [0.2, 0.25) is 0 Å². The number of benzene rings is 2. The predicted molar refractivity (Wildman–Crippen MR) is 103 cm³/mol. The van der Waals surface area contributed by atoms with E-state index in [1.165, 1.54) is 0 Å². The van der Waals surface area contributed by atoms with Crippen molar-refractivity contribution in [3.63, 3.8) is 0 Å². The summed E-state index contributed by atoms with van der Waals surface area (Å²) in [6, 6.07) is 10.6. The molecule has 1 aromatic heterocycles. The molecule has 140 valence electrons.